The van der Waals surface area contributed by atoms with Crippen molar-refractivity contribution in [1.82, 2.24) is 10.6 Å². The Morgan fingerprint density at radius 2 is 1.69 bits per heavy atom. The van der Waals surface area contributed by atoms with Gasteiger partial charge in [-0.2, -0.15) is 8.42 Å². The van der Waals surface area contributed by atoms with Crippen molar-refractivity contribution in [1.29, 1.82) is 0 Å². The first kappa shape index (κ1) is 22.8. The molecular weight excluding hydrogens is 436 g/mol. The molecule has 32 heavy (non-hydrogen) atoms. The highest BCUT2D eigenvalue weighted by molar-refractivity contribution is 7.87. The lowest BCUT2D eigenvalue weighted by atomic mass is 10.0. The first-order valence-corrected chi connectivity index (χ1v) is 10.9. The van der Waals surface area contributed by atoms with E-state index < -0.39 is 28.0 Å². The van der Waals surface area contributed by atoms with Gasteiger partial charge in [0.15, 0.2) is 11.5 Å². The fourth-order valence-electron chi connectivity index (χ4n) is 2.95. The third-order valence-corrected chi connectivity index (χ3v) is 5.53. The van der Waals surface area contributed by atoms with E-state index in [4.69, 9.17) is 8.92 Å². The summed E-state index contributed by atoms with van der Waals surface area (Å²) < 4.78 is 36.6. The van der Waals surface area contributed by atoms with Gasteiger partial charge in [0.1, 0.15) is 10.5 Å². The lowest BCUT2D eigenvalue weighted by molar-refractivity contribution is -0.123. The predicted molar refractivity (Wildman–Crippen MR) is 115 cm³/mol. The van der Waals surface area contributed by atoms with Crippen molar-refractivity contribution in [2.75, 3.05) is 6.61 Å². The van der Waals surface area contributed by atoms with Gasteiger partial charge >= 0.3 is 16.1 Å². The monoisotopic (exact) mass is 456 g/mol. The van der Waals surface area contributed by atoms with Crippen LogP contribution in [-0.4, -0.2) is 32.9 Å². The number of benzene rings is 2. The Hall–Kier alpha value is -3.92. The van der Waals surface area contributed by atoms with Crippen LogP contribution in [0.15, 0.2) is 65.6 Å². The minimum atomic E-state index is -4.15. The highest BCUT2D eigenvalue weighted by Crippen LogP contribution is 2.36. The Balaban J connectivity index is 2.09. The second kappa shape index (κ2) is 9.48. The first-order valence-electron chi connectivity index (χ1n) is 9.53. The van der Waals surface area contributed by atoms with Crippen LogP contribution >= 0.6 is 0 Å². The molecule has 2 aromatic carbocycles. The van der Waals surface area contributed by atoms with Gasteiger partial charge < -0.3 is 8.92 Å². The van der Waals surface area contributed by atoms with Crippen molar-refractivity contribution in [2.24, 2.45) is 0 Å². The Labute approximate surface area is 184 Å². The van der Waals surface area contributed by atoms with E-state index in [-0.39, 0.29) is 35.0 Å². The number of allylic oxidation sites excluding steroid dienone is 1. The molecule has 1 heterocycles. The third-order valence-electron chi connectivity index (χ3n) is 4.30. The van der Waals surface area contributed by atoms with Crippen molar-refractivity contribution in [3.05, 3.63) is 71.8 Å². The molecule has 0 spiro atoms. The predicted octanol–water partition coefficient (Wildman–Crippen LogP) is 2.33. The summed E-state index contributed by atoms with van der Waals surface area (Å²) in [5, 5.41) is 3.98. The van der Waals surface area contributed by atoms with Crippen LogP contribution in [0.5, 0.6) is 11.5 Å². The molecule has 10 heteroatoms. The third kappa shape index (κ3) is 5.03. The topological polar surface area (TPSA) is 128 Å². The van der Waals surface area contributed by atoms with Gasteiger partial charge in [-0.05, 0) is 49.2 Å². The van der Waals surface area contributed by atoms with Gasteiger partial charge in [-0.3, -0.25) is 20.2 Å². The molecule has 0 radical (unpaired) electrons. The quantitative estimate of drug-likeness (QED) is 0.270. The Morgan fingerprint density at radius 1 is 1.03 bits per heavy atom. The van der Waals surface area contributed by atoms with Gasteiger partial charge in [0, 0.05) is 5.56 Å². The van der Waals surface area contributed by atoms with E-state index in [1.54, 1.807) is 37.3 Å². The van der Waals surface area contributed by atoms with Gasteiger partial charge in [-0.25, -0.2) is 4.79 Å². The largest absolute Gasteiger partial charge is 0.490 e. The molecule has 9 nitrogen and oxygen atoms in total. The lowest BCUT2D eigenvalue weighted by Crippen LogP contribution is -2.51. The van der Waals surface area contributed by atoms with E-state index in [1.165, 1.54) is 24.3 Å². The highest BCUT2D eigenvalue weighted by Gasteiger charge is 2.28. The average molecular weight is 456 g/mol. The molecule has 0 aliphatic carbocycles. The number of urea groups is 1. The minimum absolute atomic E-state index is 0.0227. The zero-order chi connectivity index (χ0) is 23.3. The summed E-state index contributed by atoms with van der Waals surface area (Å²) in [6.45, 7) is 5.59. The molecule has 0 aromatic heterocycles. The molecule has 1 aliphatic rings. The van der Waals surface area contributed by atoms with Crippen molar-refractivity contribution in [3.8, 4) is 11.5 Å². The Morgan fingerprint density at radius 3 is 2.28 bits per heavy atom. The molecule has 3 rings (SSSR count). The second-order valence-electron chi connectivity index (χ2n) is 6.58. The van der Waals surface area contributed by atoms with Crippen LogP contribution in [0.25, 0.3) is 6.08 Å². The smallest absolute Gasteiger partial charge is 0.339 e. The van der Waals surface area contributed by atoms with Crippen molar-refractivity contribution < 1.29 is 31.7 Å². The van der Waals surface area contributed by atoms with E-state index in [9.17, 15) is 22.8 Å². The summed E-state index contributed by atoms with van der Waals surface area (Å²) in [6.07, 6.45) is 3.03. The summed E-state index contributed by atoms with van der Waals surface area (Å²) in [7, 11) is -4.15. The van der Waals surface area contributed by atoms with Gasteiger partial charge in [0.25, 0.3) is 11.8 Å². The second-order valence-corrected chi connectivity index (χ2v) is 8.13. The number of barbiturate groups is 1. The van der Waals surface area contributed by atoms with Crippen molar-refractivity contribution in [2.45, 2.75) is 18.2 Å². The molecule has 166 valence electrons. The summed E-state index contributed by atoms with van der Waals surface area (Å²) in [6, 6.07) is 9.72. The van der Waals surface area contributed by atoms with Crippen molar-refractivity contribution in [3.63, 3.8) is 0 Å². The maximum Gasteiger partial charge on any atom is 0.339 e. The van der Waals surface area contributed by atoms with Crippen LogP contribution in [0.4, 0.5) is 4.79 Å². The van der Waals surface area contributed by atoms with E-state index in [0.717, 1.165) is 0 Å². The van der Waals surface area contributed by atoms with Crippen LogP contribution in [0.1, 0.15) is 18.1 Å². The molecule has 0 saturated carbocycles. The van der Waals surface area contributed by atoms with Crippen molar-refractivity contribution >= 4 is 34.0 Å². The minimum Gasteiger partial charge on any atom is -0.490 e. The Kier molecular flexibility index (Phi) is 6.74. The molecule has 2 aromatic rings. The fraction of sp³-hybridized carbons (Fsp3) is 0.136. The molecule has 1 saturated heterocycles. The zero-order valence-corrected chi connectivity index (χ0v) is 17.9. The van der Waals surface area contributed by atoms with Gasteiger partial charge in [0.05, 0.1) is 6.61 Å². The summed E-state index contributed by atoms with van der Waals surface area (Å²) in [4.78, 5) is 35.3. The van der Waals surface area contributed by atoms with Gasteiger partial charge in [-0.1, -0.05) is 24.3 Å². The molecule has 2 N–H and O–H groups in total. The Bertz CT molecular complexity index is 1200. The molecule has 0 unspecified atom stereocenters. The van der Waals surface area contributed by atoms with Crippen LogP contribution in [-0.2, 0) is 26.1 Å². The van der Waals surface area contributed by atoms with E-state index in [1.807, 2.05) is 10.6 Å². The number of carbonyl (C=O) groups excluding carboxylic acids is 3. The van der Waals surface area contributed by atoms with E-state index in [0.29, 0.717) is 11.1 Å². The number of amides is 4. The number of nitrogens with one attached hydrogen (secondary N) is 2. The number of imide groups is 2. The molecule has 1 aliphatic heterocycles. The highest BCUT2D eigenvalue weighted by atomic mass is 32.2. The van der Waals surface area contributed by atoms with Gasteiger partial charge in [0.2, 0.25) is 0 Å². The summed E-state index contributed by atoms with van der Waals surface area (Å²) in [5.41, 5.74) is 0.483. The maximum atomic E-state index is 12.8. The molecule has 0 bridgehead atoms. The zero-order valence-electron chi connectivity index (χ0n) is 17.1. The number of carbonyl (C=O) groups is 3. The van der Waals surface area contributed by atoms with Crippen LogP contribution < -0.4 is 19.6 Å². The average Bonchev–Trinajstić information content (AvgIpc) is 2.74. The molecule has 1 fully saturated rings. The van der Waals surface area contributed by atoms with Crippen LogP contribution in [0.2, 0.25) is 0 Å². The molecule has 4 amide bonds. The first-order chi connectivity index (χ1) is 15.2. The van der Waals surface area contributed by atoms with Gasteiger partial charge in [-0.15, -0.1) is 6.58 Å². The fourth-order valence-corrected chi connectivity index (χ4v) is 3.94. The molecule has 0 atom stereocenters. The lowest BCUT2D eigenvalue weighted by Gasteiger charge is -2.17. The summed E-state index contributed by atoms with van der Waals surface area (Å²) >= 11 is 0. The number of hydrogen-bond acceptors (Lipinski definition) is 7. The number of hydrogen-bond donors (Lipinski definition) is 2. The van der Waals surface area contributed by atoms with Crippen LogP contribution in [0, 0.1) is 0 Å². The van der Waals surface area contributed by atoms with E-state index in [2.05, 4.69) is 6.58 Å². The SMILES string of the molecule is C=CCc1cc(C=C2C(=O)NC(=O)NC2=O)cc(OCC)c1OS(=O)(=O)c1ccccc1. The standard InChI is InChI=1S/C22H20N2O7S/c1-3-8-15-11-14(12-17-20(25)23-22(27)24-21(17)26)13-18(30-4-2)19(15)31-32(28,29)16-9-6-5-7-10-16/h3,5-7,9-13H,1,4,8H2,2H3,(H2,23,24,25,26,27). The number of ether oxygens (including phenoxy) is 1. The van der Waals surface area contributed by atoms with E-state index >= 15 is 0 Å². The maximum absolute atomic E-state index is 12.8. The molecular formula is C22H20N2O7S. The van der Waals surface area contributed by atoms with Crippen LogP contribution in [0.3, 0.4) is 0 Å². The number of rotatable bonds is 8. The normalized spacial score (nSPS) is 13.8. The summed E-state index contributed by atoms with van der Waals surface area (Å²) in [5.74, 6) is -1.63.